The summed E-state index contributed by atoms with van der Waals surface area (Å²) in [4.78, 5) is 39.0. The number of allylic oxidation sites excluding steroid dienone is 1. The number of rotatable bonds is 10. The van der Waals surface area contributed by atoms with Crippen LogP contribution in [-0.2, 0) is 4.74 Å². The lowest BCUT2D eigenvalue weighted by atomic mass is 9.94. The van der Waals surface area contributed by atoms with Crippen molar-refractivity contribution >= 4 is 33.5 Å². The number of nitrogens with zero attached hydrogens (tertiary/aromatic N) is 4. The Bertz CT molecular complexity index is 1580. The molecule has 0 aromatic carbocycles. The Balaban J connectivity index is 1.10. The molecular weight excluding hydrogens is 587 g/mol. The third-order valence-corrected chi connectivity index (χ3v) is 8.97. The van der Waals surface area contributed by atoms with Gasteiger partial charge in [-0.25, -0.2) is 9.18 Å². The lowest BCUT2D eigenvalue weighted by Gasteiger charge is -2.34. The maximum Gasteiger partial charge on any atom is 0.319 e. The monoisotopic (exact) mass is 622 g/mol. The topological polar surface area (TPSA) is 129 Å². The molecule has 1 saturated heterocycles. The van der Waals surface area contributed by atoms with E-state index < -0.39 is 11.4 Å². The molecule has 2 fully saturated rings. The van der Waals surface area contributed by atoms with E-state index in [2.05, 4.69) is 25.5 Å². The number of ether oxygens (including phenoxy) is 2. The second kappa shape index (κ2) is 13.0. The third-order valence-electron chi connectivity index (χ3n) is 7.81. The smallest absolute Gasteiger partial charge is 0.319 e. The predicted octanol–water partition coefficient (Wildman–Crippen LogP) is 3.82. The van der Waals surface area contributed by atoms with Gasteiger partial charge in [-0.1, -0.05) is 6.08 Å². The molecule has 2 aliphatic carbocycles. The molecule has 3 aliphatic rings. The lowest BCUT2D eigenvalue weighted by molar-refractivity contribution is -0.00777. The van der Waals surface area contributed by atoms with Crippen LogP contribution in [0.25, 0.3) is 20.8 Å². The maximum absolute atomic E-state index is 15.3. The van der Waals surface area contributed by atoms with Crippen LogP contribution in [0.4, 0.5) is 9.18 Å². The Hall–Kier alpha value is -3.91. The Morgan fingerprint density at radius 2 is 2.00 bits per heavy atom. The summed E-state index contributed by atoms with van der Waals surface area (Å²) in [5, 5.41) is 14.4. The SMILES string of the molecule is CC1(Oc2ccnc3cc(-c4ccc(C(=O)N5CCN(COCCO)CC5)cn4)sc23)CC=C(NC(=O)NC2CC2)C=C1F. The van der Waals surface area contributed by atoms with Crippen molar-refractivity contribution in [1.29, 1.82) is 0 Å². The van der Waals surface area contributed by atoms with Crippen LogP contribution < -0.4 is 15.4 Å². The molecule has 232 valence electrons. The maximum atomic E-state index is 15.3. The number of piperazine rings is 1. The molecule has 0 radical (unpaired) electrons. The number of hydrogen-bond acceptors (Lipinski definition) is 9. The van der Waals surface area contributed by atoms with Crippen LogP contribution in [-0.4, -0.2) is 94.6 Å². The van der Waals surface area contributed by atoms with Crippen molar-refractivity contribution in [2.45, 2.75) is 37.8 Å². The van der Waals surface area contributed by atoms with Gasteiger partial charge in [-0.05, 0) is 44.0 Å². The minimum absolute atomic E-state index is 0.00844. The molecule has 1 atom stereocenters. The fraction of sp³-hybridized carbons (Fsp3) is 0.419. The first-order chi connectivity index (χ1) is 21.3. The zero-order valence-electron chi connectivity index (χ0n) is 24.4. The van der Waals surface area contributed by atoms with E-state index in [0.29, 0.717) is 67.7 Å². The number of aromatic nitrogens is 2. The highest BCUT2D eigenvalue weighted by atomic mass is 32.1. The van der Waals surface area contributed by atoms with Gasteiger partial charge in [0.15, 0.2) is 5.60 Å². The van der Waals surface area contributed by atoms with Gasteiger partial charge in [-0.3, -0.25) is 19.7 Å². The molecule has 1 aliphatic heterocycles. The van der Waals surface area contributed by atoms with E-state index in [1.807, 2.05) is 17.0 Å². The number of fused-ring (bicyclic) bond motifs is 1. The first-order valence-corrected chi connectivity index (χ1v) is 15.5. The zero-order chi connectivity index (χ0) is 30.7. The largest absolute Gasteiger partial charge is 0.478 e. The predicted molar refractivity (Wildman–Crippen MR) is 164 cm³/mol. The standard InChI is InChI=1S/C31H35FN6O5S/c1-31(8-6-22(16-27(31)32)36-30(41)35-21-3-4-21)43-25-7-9-33-24-17-26(44-28(24)25)23-5-2-20(18-34-23)29(40)38-12-10-37(11-13-38)19-42-15-14-39/h2,5-7,9,16-18,21,39H,3-4,8,10-15,19H2,1H3,(H2,35,36,41). The Labute approximate surface area is 258 Å². The van der Waals surface area contributed by atoms with Crippen molar-refractivity contribution in [2.75, 3.05) is 46.1 Å². The van der Waals surface area contributed by atoms with Gasteiger partial charge in [-0.15, -0.1) is 11.3 Å². The molecule has 13 heteroatoms. The van der Waals surface area contributed by atoms with Crippen molar-refractivity contribution in [3.05, 3.63) is 65.9 Å². The number of amides is 3. The van der Waals surface area contributed by atoms with E-state index >= 15 is 4.39 Å². The molecule has 3 aromatic heterocycles. The van der Waals surface area contributed by atoms with Crippen LogP contribution in [0, 0.1) is 0 Å². The lowest BCUT2D eigenvalue weighted by Crippen LogP contribution is -2.49. The number of carbonyl (C=O) groups is 2. The summed E-state index contributed by atoms with van der Waals surface area (Å²) in [5.74, 6) is -0.0523. The van der Waals surface area contributed by atoms with Crippen LogP contribution in [0.5, 0.6) is 5.75 Å². The van der Waals surface area contributed by atoms with Crippen LogP contribution >= 0.6 is 11.3 Å². The highest BCUT2D eigenvalue weighted by Gasteiger charge is 2.35. The van der Waals surface area contributed by atoms with Gasteiger partial charge in [-0.2, -0.15) is 0 Å². The number of thiophene rings is 1. The third kappa shape index (κ3) is 6.91. The number of aliphatic hydroxyl groups excluding tert-OH is 1. The van der Waals surface area contributed by atoms with Gasteiger partial charge in [0.2, 0.25) is 0 Å². The molecule has 3 amide bonds. The summed E-state index contributed by atoms with van der Waals surface area (Å²) in [6, 6.07) is 7.10. The molecule has 11 nitrogen and oxygen atoms in total. The van der Waals surface area contributed by atoms with Gasteiger partial charge in [0.1, 0.15) is 11.6 Å². The van der Waals surface area contributed by atoms with E-state index in [9.17, 15) is 9.59 Å². The minimum Gasteiger partial charge on any atom is -0.478 e. The Morgan fingerprint density at radius 1 is 1.18 bits per heavy atom. The highest BCUT2D eigenvalue weighted by Crippen LogP contribution is 2.41. The number of nitrogens with one attached hydrogen (secondary N) is 2. The number of aliphatic hydroxyl groups is 1. The molecule has 3 aromatic rings. The van der Waals surface area contributed by atoms with Gasteiger partial charge in [0.25, 0.3) is 5.91 Å². The fourth-order valence-corrected chi connectivity index (χ4v) is 6.10. The van der Waals surface area contributed by atoms with Crippen LogP contribution in [0.1, 0.15) is 36.5 Å². The van der Waals surface area contributed by atoms with Crippen molar-refractivity contribution in [3.63, 3.8) is 0 Å². The molecule has 4 heterocycles. The zero-order valence-corrected chi connectivity index (χ0v) is 25.2. The summed E-state index contributed by atoms with van der Waals surface area (Å²) in [7, 11) is 0. The fourth-order valence-electron chi connectivity index (χ4n) is 5.06. The Kier molecular flexibility index (Phi) is 8.89. The second-order valence-corrected chi connectivity index (χ2v) is 12.4. The molecule has 3 N–H and O–H groups in total. The summed E-state index contributed by atoms with van der Waals surface area (Å²) < 4.78 is 27.7. The van der Waals surface area contributed by atoms with Gasteiger partial charge < -0.3 is 30.1 Å². The molecular formula is C31H35FN6O5S. The molecule has 0 spiro atoms. The van der Waals surface area contributed by atoms with Crippen LogP contribution in [0.15, 0.2) is 60.3 Å². The summed E-state index contributed by atoms with van der Waals surface area (Å²) in [5.41, 5.74) is 1.07. The quantitative estimate of drug-likeness (QED) is 0.291. The van der Waals surface area contributed by atoms with E-state index in [0.717, 1.165) is 22.4 Å². The van der Waals surface area contributed by atoms with Gasteiger partial charge in [0.05, 0.1) is 46.3 Å². The number of urea groups is 1. The number of halogens is 1. The number of pyridine rings is 2. The van der Waals surface area contributed by atoms with Crippen LogP contribution in [0.2, 0.25) is 0 Å². The average Bonchev–Trinajstić information content (AvgIpc) is 3.73. The number of hydrogen-bond donors (Lipinski definition) is 3. The van der Waals surface area contributed by atoms with Crippen LogP contribution in [0.3, 0.4) is 0 Å². The van der Waals surface area contributed by atoms with Gasteiger partial charge >= 0.3 is 6.03 Å². The highest BCUT2D eigenvalue weighted by molar-refractivity contribution is 7.22. The van der Waals surface area contributed by atoms with E-state index in [1.165, 1.54) is 17.4 Å². The first-order valence-electron chi connectivity index (χ1n) is 14.7. The summed E-state index contributed by atoms with van der Waals surface area (Å²) in [6.45, 7) is 4.99. The van der Waals surface area contributed by atoms with E-state index in [-0.39, 0.29) is 31.0 Å². The van der Waals surface area contributed by atoms with Crippen molar-refractivity contribution in [2.24, 2.45) is 0 Å². The molecule has 1 saturated carbocycles. The van der Waals surface area contributed by atoms with Gasteiger partial charge in [0, 0.05) is 62.8 Å². The van der Waals surface area contributed by atoms with Crippen molar-refractivity contribution in [1.82, 2.24) is 30.4 Å². The van der Waals surface area contributed by atoms with E-state index in [4.69, 9.17) is 14.6 Å². The van der Waals surface area contributed by atoms with Crippen molar-refractivity contribution < 1.29 is 28.6 Å². The summed E-state index contributed by atoms with van der Waals surface area (Å²) >= 11 is 1.44. The molecule has 6 rings (SSSR count). The number of carbonyl (C=O) groups excluding carboxylic acids is 2. The molecule has 1 unspecified atom stereocenters. The summed E-state index contributed by atoms with van der Waals surface area (Å²) in [6.07, 6.45) is 8.45. The molecule has 0 bridgehead atoms. The minimum atomic E-state index is -1.24. The first kappa shape index (κ1) is 30.1. The Morgan fingerprint density at radius 3 is 2.70 bits per heavy atom. The second-order valence-electron chi connectivity index (χ2n) is 11.3. The van der Waals surface area contributed by atoms with E-state index in [1.54, 1.807) is 37.5 Å². The van der Waals surface area contributed by atoms with Crippen molar-refractivity contribution in [3.8, 4) is 16.3 Å². The average molecular weight is 623 g/mol. The molecule has 44 heavy (non-hydrogen) atoms. The normalized spacial score (nSPS) is 20.7.